The first kappa shape index (κ1) is 35.5. The van der Waals surface area contributed by atoms with Crippen LogP contribution in [0.4, 0.5) is 11.4 Å². The molecule has 2 heterocycles. The molecular weight excluding hydrogens is 590 g/mol. The smallest absolute Gasteiger partial charge is 0.414 e. The number of hydrogen-bond acceptors (Lipinski definition) is 9. The zero-order valence-electron chi connectivity index (χ0n) is 25.0. The first-order valence-electron chi connectivity index (χ1n) is 13.3. The van der Waals surface area contributed by atoms with Gasteiger partial charge in [0.15, 0.2) is 0 Å². The summed E-state index contributed by atoms with van der Waals surface area (Å²) in [7, 11) is 5.99. The van der Waals surface area contributed by atoms with Gasteiger partial charge < -0.3 is 35.5 Å². The molecule has 4 aromatic rings. The molecule has 45 heavy (non-hydrogen) atoms. The van der Waals surface area contributed by atoms with Crippen LogP contribution in [-0.2, 0) is 32.8 Å². The molecule has 2 aromatic carbocycles. The summed E-state index contributed by atoms with van der Waals surface area (Å²) in [5, 5.41) is 36.4. The zero-order valence-corrected chi connectivity index (χ0v) is 25.0. The summed E-state index contributed by atoms with van der Waals surface area (Å²) in [6, 6.07) is 21.9. The van der Waals surface area contributed by atoms with Gasteiger partial charge >= 0.3 is 23.9 Å². The van der Waals surface area contributed by atoms with Crippen molar-refractivity contribution in [2.24, 2.45) is 7.05 Å². The van der Waals surface area contributed by atoms with Gasteiger partial charge in [-0.1, -0.05) is 30.3 Å². The van der Waals surface area contributed by atoms with Crippen molar-refractivity contribution < 1.29 is 44.0 Å². The van der Waals surface area contributed by atoms with Crippen molar-refractivity contribution in [1.29, 1.82) is 0 Å². The van der Waals surface area contributed by atoms with Gasteiger partial charge in [-0.25, -0.2) is 23.9 Å². The molecule has 2 aromatic heterocycles. The molecular formula is C30H35N5O10. The average Bonchev–Trinajstić information content (AvgIpc) is 3.60. The summed E-state index contributed by atoms with van der Waals surface area (Å²) in [4.78, 5) is 51.6. The van der Waals surface area contributed by atoms with Crippen LogP contribution in [0.25, 0.3) is 5.69 Å². The highest BCUT2D eigenvalue weighted by Gasteiger charge is 2.17. The van der Waals surface area contributed by atoms with Crippen LogP contribution < -0.4 is 16.2 Å². The van der Waals surface area contributed by atoms with Crippen LogP contribution in [0.3, 0.4) is 0 Å². The minimum Gasteiger partial charge on any atom is -0.473 e. The second-order valence-corrected chi connectivity index (χ2v) is 9.60. The number of carbonyl (C=O) groups is 4. The minimum atomic E-state index is -1.82. The van der Waals surface area contributed by atoms with E-state index in [-0.39, 0.29) is 11.6 Å². The number of para-hydroxylation sites is 1. The highest BCUT2D eigenvalue weighted by molar-refractivity contribution is 6.27. The lowest BCUT2D eigenvalue weighted by Gasteiger charge is -2.22. The van der Waals surface area contributed by atoms with E-state index < -0.39 is 23.9 Å². The molecule has 1 unspecified atom stereocenters. The fraction of sp³-hybridized carbons (Fsp3) is 0.233. The predicted molar refractivity (Wildman–Crippen MR) is 163 cm³/mol. The number of furan rings is 1. The number of aliphatic carboxylic acids is 4. The van der Waals surface area contributed by atoms with Crippen LogP contribution in [0.2, 0.25) is 0 Å². The summed E-state index contributed by atoms with van der Waals surface area (Å²) in [5.74, 6) is -6.35. The Morgan fingerprint density at radius 3 is 1.87 bits per heavy atom. The Hall–Kier alpha value is -5.67. The van der Waals surface area contributed by atoms with E-state index in [4.69, 9.17) is 44.0 Å². The largest absolute Gasteiger partial charge is 0.473 e. The van der Waals surface area contributed by atoms with Gasteiger partial charge in [0.2, 0.25) is 0 Å². The number of rotatable bonds is 9. The van der Waals surface area contributed by atoms with E-state index in [9.17, 15) is 4.79 Å². The van der Waals surface area contributed by atoms with Crippen molar-refractivity contribution in [1.82, 2.24) is 19.6 Å². The Kier molecular flexibility index (Phi) is 13.3. The molecule has 4 rings (SSSR count). The second-order valence-electron chi connectivity index (χ2n) is 9.60. The number of anilines is 2. The molecule has 0 radical (unpaired) electrons. The maximum atomic E-state index is 13.1. The normalized spacial score (nSPS) is 11.0. The number of carboxylic acids is 4. The standard InChI is InChI=1S/C26H31N5O2.2C2H2O4/c1-19-25(26(32)31(30(19)4)22-9-6-5-7-10-22)28-21-14-12-20(13-15-21)17-27-18-23(29(2)3)24-11-8-16-33-24;2*3-1(4)2(5)6/h5-16,23,27-28H,17-18H2,1-4H3;2*(H,3,4)(H,5,6). The molecule has 0 aliphatic carbocycles. The number of hydrogen-bond donors (Lipinski definition) is 6. The monoisotopic (exact) mass is 625 g/mol. The summed E-state index contributed by atoms with van der Waals surface area (Å²) in [6.07, 6.45) is 1.71. The van der Waals surface area contributed by atoms with Gasteiger partial charge in [0, 0.05) is 25.8 Å². The third-order valence-electron chi connectivity index (χ3n) is 6.31. The van der Waals surface area contributed by atoms with Gasteiger partial charge in [-0.05, 0) is 63.0 Å². The lowest BCUT2D eigenvalue weighted by Crippen LogP contribution is -2.30. The zero-order chi connectivity index (χ0) is 33.7. The van der Waals surface area contributed by atoms with Crippen molar-refractivity contribution in [3.05, 3.63) is 100 Å². The number of likely N-dealkylation sites (N-methyl/N-ethyl adjacent to an activating group) is 1. The van der Waals surface area contributed by atoms with Gasteiger partial charge in [-0.3, -0.25) is 14.4 Å². The molecule has 240 valence electrons. The van der Waals surface area contributed by atoms with E-state index in [0.717, 1.165) is 35.9 Å². The van der Waals surface area contributed by atoms with E-state index in [1.165, 1.54) is 5.56 Å². The van der Waals surface area contributed by atoms with Crippen LogP contribution in [0.15, 0.2) is 82.2 Å². The molecule has 1 atom stereocenters. The van der Waals surface area contributed by atoms with E-state index in [0.29, 0.717) is 5.69 Å². The van der Waals surface area contributed by atoms with Crippen LogP contribution >= 0.6 is 0 Å². The number of nitrogens with zero attached hydrogens (tertiary/aromatic N) is 3. The predicted octanol–water partition coefficient (Wildman–Crippen LogP) is 2.52. The quantitative estimate of drug-likeness (QED) is 0.148. The Morgan fingerprint density at radius 1 is 0.844 bits per heavy atom. The third kappa shape index (κ3) is 10.5. The highest BCUT2D eigenvalue weighted by Crippen LogP contribution is 2.21. The molecule has 0 saturated heterocycles. The van der Waals surface area contributed by atoms with Gasteiger partial charge in [0.05, 0.1) is 23.7 Å². The van der Waals surface area contributed by atoms with E-state index in [1.807, 2.05) is 87.3 Å². The maximum Gasteiger partial charge on any atom is 0.414 e. The number of carboxylic acid groups (broad SMARTS) is 4. The van der Waals surface area contributed by atoms with Crippen molar-refractivity contribution in [3.8, 4) is 5.69 Å². The summed E-state index contributed by atoms with van der Waals surface area (Å²) in [5.41, 5.74) is 4.28. The topological polar surface area (TPSA) is 217 Å². The first-order chi connectivity index (χ1) is 21.2. The van der Waals surface area contributed by atoms with E-state index in [2.05, 4.69) is 27.7 Å². The van der Waals surface area contributed by atoms with E-state index >= 15 is 0 Å². The molecule has 0 aliphatic heterocycles. The molecule has 0 bridgehead atoms. The van der Waals surface area contributed by atoms with Crippen molar-refractivity contribution in [2.75, 3.05) is 26.0 Å². The van der Waals surface area contributed by atoms with Crippen LogP contribution in [-0.4, -0.2) is 79.2 Å². The molecule has 0 spiro atoms. The van der Waals surface area contributed by atoms with Gasteiger partial charge in [0.1, 0.15) is 11.4 Å². The van der Waals surface area contributed by atoms with Crippen molar-refractivity contribution in [3.63, 3.8) is 0 Å². The second kappa shape index (κ2) is 16.8. The molecule has 15 nitrogen and oxygen atoms in total. The van der Waals surface area contributed by atoms with E-state index in [1.54, 1.807) is 10.9 Å². The molecule has 0 fully saturated rings. The molecule has 0 aliphatic rings. The van der Waals surface area contributed by atoms with Crippen LogP contribution in [0, 0.1) is 6.92 Å². The summed E-state index contributed by atoms with van der Waals surface area (Å²) >= 11 is 0. The Morgan fingerprint density at radius 2 is 1.40 bits per heavy atom. The summed E-state index contributed by atoms with van der Waals surface area (Å²) in [6.45, 7) is 3.47. The van der Waals surface area contributed by atoms with Crippen molar-refractivity contribution in [2.45, 2.75) is 19.5 Å². The lowest BCUT2D eigenvalue weighted by atomic mass is 10.1. The summed E-state index contributed by atoms with van der Waals surface area (Å²) < 4.78 is 9.12. The fourth-order valence-corrected chi connectivity index (χ4v) is 3.93. The molecule has 15 heteroatoms. The van der Waals surface area contributed by atoms with Crippen molar-refractivity contribution >= 4 is 35.3 Å². The first-order valence-corrected chi connectivity index (χ1v) is 13.3. The molecule has 0 amide bonds. The Balaban J connectivity index is 0.000000499. The Bertz CT molecular complexity index is 1580. The lowest BCUT2D eigenvalue weighted by molar-refractivity contribution is -0.159. The number of benzene rings is 2. The minimum absolute atomic E-state index is 0.0698. The van der Waals surface area contributed by atoms with Crippen LogP contribution in [0.1, 0.15) is 23.1 Å². The highest BCUT2D eigenvalue weighted by atomic mass is 16.4. The third-order valence-corrected chi connectivity index (χ3v) is 6.31. The molecule has 6 N–H and O–H groups in total. The average molecular weight is 626 g/mol. The van der Waals surface area contributed by atoms with Gasteiger partial charge in [0.25, 0.3) is 5.56 Å². The van der Waals surface area contributed by atoms with Gasteiger partial charge in [-0.15, -0.1) is 0 Å². The number of aromatic nitrogens is 2. The van der Waals surface area contributed by atoms with Gasteiger partial charge in [-0.2, -0.15) is 0 Å². The molecule has 0 saturated carbocycles. The SMILES string of the molecule is Cc1c(Nc2ccc(CNCC(c3ccco3)N(C)C)cc2)c(=O)n(-c2ccccc2)n1C.O=C(O)C(=O)O.O=C(O)C(=O)O. The Labute approximate surface area is 257 Å². The maximum absolute atomic E-state index is 13.1. The number of nitrogens with one attached hydrogen (secondary N) is 2. The van der Waals surface area contributed by atoms with Crippen LogP contribution in [0.5, 0.6) is 0 Å². The fourth-order valence-electron chi connectivity index (χ4n) is 3.93.